The summed E-state index contributed by atoms with van der Waals surface area (Å²) in [6.45, 7) is 0. The highest BCUT2D eigenvalue weighted by atomic mass is 32.2. The number of carbonyl (C=O) groups excluding carboxylic acids is 1. The van der Waals surface area contributed by atoms with Gasteiger partial charge in [0, 0.05) is 24.0 Å². The Morgan fingerprint density at radius 2 is 2.04 bits per heavy atom. The van der Waals surface area contributed by atoms with E-state index in [-0.39, 0.29) is 16.8 Å². The summed E-state index contributed by atoms with van der Waals surface area (Å²) in [5, 5.41) is 2.67. The number of methoxy groups -OCH3 is 1. The third-order valence-corrected chi connectivity index (χ3v) is 5.03. The maximum atomic E-state index is 12.2. The summed E-state index contributed by atoms with van der Waals surface area (Å²) in [6.07, 6.45) is 3.11. The van der Waals surface area contributed by atoms with Crippen molar-refractivity contribution in [3.05, 3.63) is 48.2 Å². The topological polar surface area (TPSA) is 97.4 Å². The van der Waals surface area contributed by atoms with E-state index in [4.69, 9.17) is 4.74 Å². The number of carbonyl (C=O) groups is 1. The molecule has 0 saturated heterocycles. The molecule has 126 valence electrons. The average molecular weight is 347 g/mol. The molecule has 2 aromatic rings. The van der Waals surface area contributed by atoms with Crippen LogP contribution < -0.4 is 14.8 Å². The molecule has 0 unspecified atom stereocenters. The Morgan fingerprint density at radius 3 is 2.67 bits per heavy atom. The minimum atomic E-state index is -3.56. The van der Waals surface area contributed by atoms with Gasteiger partial charge in [0.15, 0.2) is 0 Å². The zero-order valence-corrected chi connectivity index (χ0v) is 13.8. The fraction of sp³-hybridized carbons (Fsp3) is 0.250. The lowest BCUT2D eigenvalue weighted by atomic mass is 10.2. The minimum Gasteiger partial charge on any atom is -0.481 e. The Bertz CT molecular complexity index is 846. The van der Waals surface area contributed by atoms with Crippen LogP contribution in [0.5, 0.6) is 5.88 Å². The van der Waals surface area contributed by atoms with E-state index < -0.39 is 10.0 Å². The van der Waals surface area contributed by atoms with Crippen LogP contribution in [0.4, 0.5) is 5.69 Å². The predicted octanol–water partition coefficient (Wildman–Crippen LogP) is 1.78. The number of hydrogen-bond acceptors (Lipinski definition) is 5. The van der Waals surface area contributed by atoms with Gasteiger partial charge < -0.3 is 10.1 Å². The van der Waals surface area contributed by atoms with Crippen molar-refractivity contribution in [3.8, 4) is 5.88 Å². The van der Waals surface area contributed by atoms with Crippen molar-refractivity contribution in [3.63, 3.8) is 0 Å². The lowest BCUT2D eigenvalue weighted by molar-refractivity contribution is 0.102. The molecule has 1 saturated carbocycles. The van der Waals surface area contributed by atoms with Gasteiger partial charge in [-0.3, -0.25) is 4.79 Å². The largest absolute Gasteiger partial charge is 0.481 e. The van der Waals surface area contributed by atoms with Crippen molar-refractivity contribution >= 4 is 21.6 Å². The molecule has 0 atom stereocenters. The van der Waals surface area contributed by atoms with Crippen LogP contribution in [0.3, 0.4) is 0 Å². The number of ether oxygens (including phenoxy) is 1. The normalized spacial score (nSPS) is 14.2. The van der Waals surface area contributed by atoms with Gasteiger partial charge in [0.1, 0.15) is 0 Å². The summed E-state index contributed by atoms with van der Waals surface area (Å²) < 4.78 is 32.0. The molecule has 1 amide bonds. The molecular formula is C16H17N3O4S. The highest BCUT2D eigenvalue weighted by Gasteiger charge is 2.28. The number of pyridine rings is 1. The lowest BCUT2D eigenvalue weighted by Gasteiger charge is -2.09. The molecule has 0 aliphatic heterocycles. The van der Waals surface area contributed by atoms with Crippen molar-refractivity contribution in [1.82, 2.24) is 9.71 Å². The van der Waals surface area contributed by atoms with E-state index in [1.54, 1.807) is 24.3 Å². The molecule has 3 rings (SSSR count). The van der Waals surface area contributed by atoms with Crippen molar-refractivity contribution in [1.29, 1.82) is 0 Å². The SMILES string of the molecule is COc1ccc(C(=O)Nc2cccc(S(=O)(=O)NC3CC3)c2)cn1. The van der Waals surface area contributed by atoms with Crippen molar-refractivity contribution in [2.75, 3.05) is 12.4 Å². The van der Waals surface area contributed by atoms with E-state index in [0.717, 1.165) is 12.8 Å². The standard InChI is InChI=1S/C16H17N3O4S/c1-23-15-8-5-11(10-17-15)16(20)18-13-3-2-4-14(9-13)24(21,22)19-12-6-7-12/h2-5,8-10,12,19H,6-7H2,1H3,(H,18,20). The third-order valence-electron chi connectivity index (χ3n) is 3.51. The molecular weight excluding hydrogens is 330 g/mol. The van der Waals surface area contributed by atoms with E-state index in [1.165, 1.54) is 25.4 Å². The van der Waals surface area contributed by atoms with Crippen LogP contribution >= 0.6 is 0 Å². The van der Waals surface area contributed by atoms with E-state index in [0.29, 0.717) is 17.1 Å². The highest BCUT2D eigenvalue weighted by molar-refractivity contribution is 7.89. The van der Waals surface area contributed by atoms with E-state index in [2.05, 4.69) is 15.0 Å². The molecule has 0 bridgehead atoms. The van der Waals surface area contributed by atoms with Crippen LogP contribution in [0.25, 0.3) is 0 Å². The van der Waals surface area contributed by atoms with Crippen LogP contribution in [0.2, 0.25) is 0 Å². The third kappa shape index (κ3) is 3.90. The summed E-state index contributed by atoms with van der Waals surface area (Å²) >= 11 is 0. The molecule has 0 spiro atoms. The van der Waals surface area contributed by atoms with E-state index >= 15 is 0 Å². The average Bonchev–Trinajstić information content (AvgIpc) is 3.38. The van der Waals surface area contributed by atoms with Gasteiger partial charge in [-0.25, -0.2) is 18.1 Å². The molecule has 2 N–H and O–H groups in total. The maximum Gasteiger partial charge on any atom is 0.257 e. The summed E-state index contributed by atoms with van der Waals surface area (Å²) in [5.41, 5.74) is 0.745. The fourth-order valence-corrected chi connectivity index (χ4v) is 3.42. The summed E-state index contributed by atoms with van der Waals surface area (Å²) in [5.74, 6) is 0.0284. The molecule has 7 nitrogen and oxygen atoms in total. The van der Waals surface area contributed by atoms with Crippen LogP contribution in [0, 0.1) is 0 Å². The number of sulfonamides is 1. The smallest absolute Gasteiger partial charge is 0.257 e. The number of nitrogens with one attached hydrogen (secondary N) is 2. The lowest BCUT2D eigenvalue weighted by Crippen LogP contribution is -2.25. The monoisotopic (exact) mass is 347 g/mol. The molecule has 1 aromatic heterocycles. The van der Waals surface area contributed by atoms with Gasteiger partial charge in [-0.15, -0.1) is 0 Å². The van der Waals surface area contributed by atoms with Crippen molar-refractivity contribution < 1.29 is 17.9 Å². The fourth-order valence-electron chi connectivity index (χ4n) is 2.07. The minimum absolute atomic E-state index is 0.0265. The van der Waals surface area contributed by atoms with Crippen molar-refractivity contribution in [2.45, 2.75) is 23.8 Å². The van der Waals surface area contributed by atoms with Gasteiger partial charge in [-0.1, -0.05) is 6.07 Å². The first-order valence-corrected chi connectivity index (χ1v) is 8.90. The number of anilines is 1. The number of aromatic nitrogens is 1. The summed E-state index contributed by atoms with van der Waals surface area (Å²) in [6, 6.07) is 9.33. The molecule has 1 aliphatic rings. The summed E-state index contributed by atoms with van der Waals surface area (Å²) in [7, 11) is -2.07. The second-order valence-electron chi connectivity index (χ2n) is 5.47. The first kappa shape index (κ1) is 16.4. The van der Waals surface area contributed by atoms with Gasteiger partial charge in [-0.2, -0.15) is 0 Å². The van der Waals surface area contributed by atoms with Gasteiger partial charge in [0.25, 0.3) is 5.91 Å². The molecule has 1 heterocycles. The van der Waals surface area contributed by atoms with Crippen LogP contribution in [0.15, 0.2) is 47.5 Å². The maximum absolute atomic E-state index is 12.2. The molecule has 1 aliphatic carbocycles. The predicted molar refractivity (Wildman–Crippen MR) is 88.5 cm³/mol. The van der Waals surface area contributed by atoms with Crippen LogP contribution in [-0.2, 0) is 10.0 Å². The summed E-state index contributed by atoms with van der Waals surface area (Å²) in [4.78, 5) is 16.3. The van der Waals surface area contributed by atoms with Crippen LogP contribution in [0.1, 0.15) is 23.2 Å². The number of nitrogens with zero attached hydrogens (tertiary/aromatic N) is 1. The van der Waals surface area contributed by atoms with Gasteiger partial charge in [-0.05, 0) is 37.1 Å². The molecule has 1 fully saturated rings. The molecule has 0 radical (unpaired) electrons. The van der Waals surface area contributed by atoms with E-state index in [9.17, 15) is 13.2 Å². The van der Waals surface area contributed by atoms with Crippen LogP contribution in [-0.4, -0.2) is 32.5 Å². The Kier molecular flexibility index (Phi) is 4.50. The second-order valence-corrected chi connectivity index (χ2v) is 7.18. The molecule has 1 aromatic carbocycles. The zero-order chi connectivity index (χ0) is 17.2. The second kappa shape index (κ2) is 6.58. The highest BCUT2D eigenvalue weighted by Crippen LogP contribution is 2.23. The van der Waals surface area contributed by atoms with Gasteiger partial charge >= 0.3 is 0 Å². The zero-order valence-electron chi connectivity index (χ0n) is 13.0. The Labute approximate surface area is 140 Å². The van der Waals surface area contributed by atoms with Crippen molar-refractivity contribution in [2.24, 2.45) is 0 Å². The molecule has 24 heavy (non-hydrogen) atoms. The first-order valence-electron chi connectivity index (χ1n) is 7.42. The number of benzene rings is 1. The van der Waals surface area contributed by atoms with Gasteiger partial charge in [0.05, 0.1) is 17.6 Å². The molecule has 8 heteroatoms. The number of hydrogen-bond donors (Lipinski definition) is 2. The Morgan fingerprint density at radius 1 is 1.25 bits per heavy atom. The van der Waals surface area contributed by atoms with E-state index in [1.807, 2.05) is 0 Å². The van der Waals surface area contributed by atoms with Gasteiger partial charge in [0.2, 0.25) is 15.9 Å². The quantitative estimate of drug-likeness (QED) is 0.830. The first-order chi connectivity index (χ1) is 11.5. The number of amides is 1. The Hall–Kier alpha value is -2.45. The Balaban J connectivity index is 1.74. The number of rotatable bonds is 6.